The van der Waals surface area contributed by atoms with Gasteiger partial charge in [-0.25, -0.2) is 0 Å². The van der Waals surface area contributed by atoms with Gasteiger partial charge in [0.2, 0.25) is 0 Å². The Bertz CT molecular complexity index is 426. The number of carbonyl (C=O) groups is 2. The van der Waals surface area contributed by atoms with Crippen molar-refractivity contribution in [1.29, 1.82) is 0 Å². The minimum absolute atomic E-state index is 0.0717. The molecule has 0 radical (unpaired) electrons. The van der Waals surface area contributed by atoms with Gasteiger partial charge in [-0.3, -0.25) is 9.59 Å². The fourth-order valence-electron chi connectivity index (χ4n) is 1.47. The van der Waals surface area contributed by atoms with Crippen molar-refractivity contribution < 1.29 is 14.3 Å². The fourth-order valence-corrected chi connectivity index (χ4v) is 1.47. The minimum Gasteiger partial charge on any atom is -0.465 e. The summed E-state index contributed by atoms with van der Waals surface area (Å²) in [4.78, 5) is 24.5. The fraction of sp³-hybridized carbons (Fsp3) is 0.455. The first kappa shape index (κ1) is 13.1. The van der Waals surface area contributed by atoms with Gasteiger partial charge in [-0.15, -0.1) is 0 Å². The molecule has 94 valence electrons. The van der Waals surface area contributed by atoms with Crippen LogP contribution in [-0.2, 0) is 16.6 Å². The van der Waals surface area contributed by atoms with Gasteiger partial charge in [0.1, 0.15) is 12.2 Å². The van der Waals surface area contributed by atoms with Crippen LogP contribution in [0.4, 0.5) is 5.69 Å². The van der Waals surface area contributed by atoms with Crippen LogP contribution >= 0.6 is 0 Å². The highest BCUT2D eigenvalue weighted by molar-refractivity contribution is 5.95. The van der Waals surface area contributed by atoms with Crippen molar-refractivity contribution in [2.24, 2.45) is 7.05 Å². The van der Waals surface area contributed by atoms with E-state index in [0.717, 1.165) is 0 Å². The van der Waals surface area contributed by atoms with E-state index in [9.17, 15) is 9.59 Å². The smallest absolute Gasteiger partial charge is 0.325 e. The molecule has 0 spiro atoms. The molecule has 0 saturated heterocycles. The van der Waals surface area contributed by atoms with E-state index in [2.05, 4.69) is 0 Å². The van der Waals surface area contributed by atoms with Crippen LogP contribution in [0.1, 0.15) is 17.4 Å². The summed E-state index contributed by atoms with van der Waals surface area (Å²) in [6.45, 7) is 1.95. The van der Waals surface area contributed by atoms with Gasteiger partial charge < -0.3 is 19.9 Å². The van der Waals surface area contributed by atoms with Crippen LogP contribution in [0.2, 0.25) is 0 Å². The number of hydrogen-bond acceptors (Lipinski definition) is 4. The highest BCUT2D eigenvalue weighted by atomic mass is 16.5. The largest absolute Gasteiger partial charge is 0.465 e. The van der Waals surface area contributed by atoms with Gasteiger partial charge in [-0.05, 0) is 13.0 Å². The molecule has 0 aliphatic carbocycles. The lowest BCUT2D eigenvalue weighted by Crippen LogP contribution is -2.34. The summed E-state index contributed by atoms with van der Waals surface area (Å²) >= 11 is 0. The lowest BCUT2D eigenvalue weighted by atomic mass is 10.3. The number of anilines is 1. The van der Waals surface area contributed by atoms with Crippen molar-refractivity contribution in [3.63, 3.8) is 0 Å². The summed E-state index contributed by atoms with van der Waals surface area (Å²) in [6, 6.07) is 1.57. The summed E-state index contributed by atoms with van der Waals surface area (Å²) < 4.78 is 6.39. The van der Waals surface area contributed by atoms with Crippen molar-refractivity contribution in [1.82, 2.24) is 9.47 Å². The van der Waals surface area contributed by atoms with E-state index >= 15 is 0 Å². The molecule has 0 fully saturated rings. The maximum absolute atomic E-state index is 12.0. The third-order valence-electron chi connectivity index (χ3n) is 2.26. The molecule has 2 N–H and O–H groups in total. The minimum atomic E-state index is -0.425. The van der Waals surface area contributed by atoms with Crippen LogP contribution in [-0.4, -0.2) is 41.5 Å². The SMILES string of the molecule is CCOC(=O)CN(C)C(=O)c1cc(N)cn1C. The van der Waals surface area contributed by atoms with Crippen LogP contribution < -0.4 is 5.73 Å². The lowest BCUT2D eigenvalue weighted by molar-refractivity contribution is -0.143. The topological polar surface area (TPSA) is 77.6 Å². The van der Waals surface area contributed by atoms with Gasteiger partial charge in [0, 0.05) is 20.3 Å². The standard InChI is InChI=1S/C11H17N3O3/c1-4-17-10(15)7-14(3)11(16)9-5-8(12)6-13(9)2/h5-6H,4,7,12H2,1-3H3. The van der Waals surface area contributed by atoms with E-state index in [-0.39, 0.29) is 12.5 Å². The normalized spacial score (nSPS) is 10.1. The average molecular weight is 239 g/mol. The molecule has 6 nitrogen and oxygen atoms in total. The monoisotopic (exact) mass is 239 g/mol. The third-order valence-corrected chi connectivity index (χ3v) is 2.26. The number of esters is 1. The van der Waals surface area contributed by atoms with E-state index in [1.807, 2.05) is 0 Å². The van der Waals surface area contributed by atoms with Gasteiger partial charge >= 0.3 is 5.97 Å². The predicted octanol–water partition coefficient (Wildman–Crippen LogP) is 0.242. The molecule has 0 atom stereocenters. The first-order chi connectivity index (χ1) is 7.95. The highest BCUT2D eigenvalue weighted by Gasteiger charge is 2.18. The maximum Gasteiger partial charge on any atom is 0.325 e. The number of amides is 1. The van der Waals surface area contributed by atoms with Crippen LogP contribution in [0.15, 0.2) is 12.3 Å². The zero-order valence-electron chi connectivity index (χ0n) is 10.3. The molecule has 1 rings (SSSR count). The number of likely N-dealkylation sites (N-methyl/N-ethyl adjacent to an activating group) is 1. The van der Waals surface area contributed by atoms with Crippen molar-refractivity contribution >= 4 is 17.6 Å². The summed E-state index contributed by atoms with van der Waals surface area (Å²) in [5, 5.41) is 0. The quantitative estimate of drug-likeness (QED) is 0.764. The van der Waals surface area contributed by atoms with E-state index in [1.54, 1.807) is 37.8 Å². The number of nitrogen functional groups attached to an aromatic ring is 1. The van der Waals surface area contributed by atoms with Crippen molar-refractivity contribution in [2.45, 2.75) is 6.92 Å². The molecule has 0 bridgehead atoms. The number of aromatic nitrogens is 1. The van der Waals surface area contributed by atoms with Gasteiger partial charge in [0.25, 0.3) is 5.91 Å². The second-order valence-electron chi connectivity index (χ2n) is 3.74. The molecule has 1 amide bonds. The molecule has 6 heteroatoms. The highest BCUT2D eigenvalue weighted by Crippen LogP contribution is 2.10. The summed E-state index contributed by atoms with van der Waals surface area (Å²) in [5.74, 6) is -0.692. The molecule has 1 aromatic rings. The Morgan fingerprint density at radius 2 is 2.18 bits per heavy atom. The summed E-state index contributed by atoms with van der Waals surface area (Å²) in [6.07, 6.45) is 1.64. The number of nitrogens with zero attached hydrogens (tertiary/aromatic N) is 2. The molecule has 17 heavy (non-hydrogen) atoms. The molecule has 0 aliphatic heterocycles. The van der Waals surface area contributed by atoms with Crippen LogP contribution in [0.25, 0.3) is 0 Å². The van der Waals surface area contributed by atoms with Crippen LogP contribution in [0.5, 0.6) is 0 Å². The number of carbonyl (C=O) groups excluding carboxylic acids is 2. The van der Waals surface area contributed by atoms with Gasteiger partial charge in [-0.2, -0.15) is 0 Å². The number of nitrogens with two attached hydrogens (primary N) is 1. The Labute approximate surface area is 99.9 Å². The van der Waals surface area contributed by atoms with E-state index in [0.29, 0.717) is 18.0 Å². The Morgan fingerprint density at radius 3 is 2.65 bits per heavy atom. The Kier molecular flexibility index (Phi) is 4.14. The molecule has 0 aromatic carbocycles. The Morgan fingerprint density at radius 1 is 1.53 bits per heavy atom. The zero-order valence-corrected chi connectivity index (χ0v) is 10.3. The number of ether oxygens (including phenoxy) is 1. The molecule has 1 aromatic heterocycles. The first-order valence-corrected chi connectivity index (χ1v) is 5.28. The van der Waals surface area contributed by atoms with Gasteiger partial charge in [0.05, 0.1) is 12.3 Å². The second-order valence-corrected chi connectivity index (χ2v) is 3.74. The maximum atomic E-state index is 12.0. The molecular weight excluding hydrogens is 222 g/mol. The molecular formula is C11H17N3O3. The van der Waals surface area contributed by atoms with E-state index in [4.69, 9.17) is 10.5 Å². The van der Waals surface area contributed by atoms with Crippen LogP contribution in [0, 0.1) is 0 Å². The van der Waals surface area contributed by atoms with E-state index < -0.39 is 5.97 Å². The third kappa shape index (κ3) is 3.24. The van der Waals surface area contributed by atoms with Crippen molar-refractivity contribution in [3.05, 3.63) is 18.0 Å². The number of rotatable bonds is 4. The lowest BCUT2D eigenvalue weighted by Gasteiger charge is -2.16. The van der Waals surface area contributed by atoms with Crippen molar-refractivity contribution in [2.75, 3.05) is 25.9 Å². The van der Waals surface area contributed by atoms with E-state index in [1.165, 1.54) is 4.90 Å². The molecule has 0 unspecified atom stereocenters. The molecule has 1 heterocycles. The first-order valence-electron chi connectivity index (χ1n) is 5.28. The predicted molar refractivity (Wildman–Crippen MR) is 63.4 cm³/mol. The second kappa shape index (κ2) is 5.38. The Balaban J connectivity index is 2.70. The number of aryl methyl sites for hydroxylation is 1. The van der Waals surface area contributed by atoms with Gasteiger partial charge in [-0.1, -0.05) is 0 Å². The van der Waals surface area contributed by atoms with Crippen LogP contribution in [0.3, 0.4) is 0 Å². The summed E-state index contributed by atoms with van der Waals surface area (Å²) in [5.41, 5.74) is 6.54. The molecule has 0 saturated carbocycles. The summed E-state index contributed by atoms with van der Waals surface area (Å²) in [7, 11) is 3.27. The number of hydrogen-bond donors (Lipinski definition) is 1. The van der Waals surface area contributed by atoms with Crippen molar-refractivity contribution in [3.8, 4) is 0 Å². The Hall–Kier alpha value is -1.98. The van der Waals surface area contributed by atoms with Gasteiger partial charge in [0.15, 0.2) is 0 Å². The molecule has 0 aliphatic rings. The zero-order chi connectivity index (χ0) is 13.0. The average Bonchev–Trinajstić information content (AvgIpc) is 2.56.